The number of carbonyl (C=O) groups is 2. The van der Waals surface area contributed by atoms with Crippen LogP contribution in [-0.4, -0.2) is 37.8 Å². The smallest absolute Gasteiger partial charge is 0.308 e. The van der Waals surface area contributed by atoms with Crippen molar-refractivity contribution in [2.45, 2.75) is 31.3 Å². The van der Waals surface area contributed by atoms with Crippen molar-refractivity contribution < 1.29 is 31.9 Å². The predicted octanol–water partition coefficient (Wildman–Crippen LogP) is 1.21. The van der Waals surface area contributed by atoms with Gasteiger partial charge in [-0.05, 0) is 26.0 Å². The van der Waals surface area contributed by atoms with E-state index in [0.717, 1.165) is 31.2 Å². The Labute approximate surface area is 132 Å². The highest BCUT2D eigenvalue weighted by Gasteiger charge is 2.28. The molecule has 0 aliphatic heterocycles. The van der Waals surface area contributed by atoms with Crippen LogP contribution in [0.5, 0.6) is 0 Å². The maximum absolute atomic E-state index is 12.1. The average Bonchev–Trinajstić information content (AvgIpc) is 2.46. The second-order valence-electron chi connectivity index (χ2n) is 4.41. The van der Waals surface area contributed by atoms with Crippen molar-refractivity contribution in [2.24, 2.45) is 0 Å². The fourth-order valence-electron chi connectivity index (χ4n) is 1.56. The zero-order chi connectivity index (χ0) is 17.6. The Bertz CT molecular complexity index is 695. The molecule has 0 bridgehead atoms. The van der Waals surface area contributed by atoms with Crippen molar-refractivity contribution in [1.82, 2.24) is 0 Å². The van der Waals surface area contributed by atoms with Crippen LogP contribution in [0, 0.1) is 10.1 Å². The van der Waals surface area contributed by atoms with Crippen LogP contribution >= 0.6 is 0 Å². The maximum atomic E-state index is 12.1. The molecule has 1 atom stereocenters. The van der Waals surface area contributed by atoms with Gasteiger partial charge >= 0.3 is 5.97 Å². The third-order valence-electron chi connectivity index (χ3n) is 2.69. The normalized spacial score (nSPS) is 12.4. The zero-order valence-corrected chi connectivity index (χ0v) is 13.2. The topological polar surface area (TPSA) is 130 Å². The van der Waals surface area contributed by atoms with E-state index in [1.807, 2.05) is 0 Å². The second kappa shape index (κ2) is 7.79. The van der Waals surface area contributed by atoms with Gasteiger partial charge in [0, 0.05) is 12.1 Å². The van der Waals surface area contributed by atoms with Crippen molar-refractivity contribution >= 4 is 27.6 Å². The molecule has 9 nitrogen and oxygen atoms in total. The number of non-ortho nitro benzene ring substituents is 1. The first-order valence-corrected chi connectivity index (χ1v) is 7.92. The Hall–Kier alpha value is -2.33. The first-order chi connectivity index (χ1) is 10.7. The molecule has 0 aromatic heterocycles. The molecule has 126 valence electrons. The van der Waals surface area contributed by atoms with Gasteiger partial charge in [-0.3, -0.25) is 23.9 Å². The van der Waals surface area contributed by atoms with Crippen molar-refractivity contribution in [2.75, 3.05) is 6.61 Å². The molecule has 10 heteroatoms. The zero-order valence-electron chi connectivity index (χ0n) is 12.4. The number of nitro groups is 1. The minimum atomic E-state index is -4.36. The fraction of sp³-hybridized carbons (Fsp3) is 0.385. The third kappa shape index (κ3) is 5.42. The minimum Gasteiger partial charge on any atom is -0.466 e. The molecule has 0 saturated heterocycles. The number of carbonyl (C=O) groups excluding carboxylic acids is 2. The molecule has 0 aliphatic carbocycles. The van der Waals surface area contributed by atoms with E-state index >= 15 is 0 Å². The van der Waals surface area contributed by atoms with Crippen LogP contribution in [0.1, 0.15) is 20.3 Å². The number of Topliss-reactive ketones (excluding diaryl/α,β-unsaturated/α-hetero) is 1. The summed E-state index contributed by atoms with van der Waals surface area (Å²) >= 11 is 0. The van der Waals surface area contributed by atoms with E-state index in [1.54, 1.807) is 6.92 Å². The Morgan fingerprint density at radius 2 is 1.83 bits per heavy atom. The van der Waals surface area contributed by atoms with E-state index in [4.69, 9.17) is 4.18 Å². The number of ether oxygens (including phenoxy) is 1. The van der Waals surface area contributed by atoms with E-state index in [0.29, 0.717) is 0 Å². The van der Waals surface area contributed by atoms with E-state index in [2.05, 4.69) is 4.74 Å². The quantitative estimate of drug-likeness (QED) is 0.297. The number of hydrogen-bond donors (Lipinski definition) is 0. The molecule has 0 radical (unpaired) electrons. The van der Waals surface area contributed by atoms with Crippen LogP contribution in [0.2, 0.25) is 0 Å². The molecular formula is C13H15NO8S. The lowest BCUT2D eigenvalue weighted by Gasteiger charge is -2.14. The fourth-order valence-corrected chi connectivity index (χ4v) is 2.65. The van der Waals surface area contributed by atoms with Crippen LogP contribution in [-0.2, 0) is 28.6 Å². The van der Waals surface area contributed by atoms with Gasteiger partial charge < -0.3 is 4.74 Å². The summed E-state index contributed by atoms with van der Waals surface area (Å²) in [4.78, 5) is 32.3. The van der Waals surface area contributed by atoms with Crippen LogP contribution in [0.3, 0.4) is 0 Å². The molecule has 1 aromatic rings. The lowest BCUT2D eigenvalue weighted by Crippen LogP contribution is -2.29. The number of hydrogen-bond acceptors (Lipinski definition) is 8. The molecule has 0 saturated carbocycles. The highest BCUT2D eigenvalue weighted by Crippen LogP contribution is 2.20. The van der Waals surface area contributed by atoms with Crippen LogP contribution < -0.4 is 0 Å². The molecule has 0 amide bonds. The number of nitro benzene ring substituents is 1. The largest absolute Gasteiger partial charge is 0.466 e. The van der Waals surface area contributed by atoms with E-state index in [9.17, 15) is 28.1 Å². The molecule has 1 aromatic carbocycles. The van der Waals surface area contributed by atoms with Gasteiger partial charge in [-0.2, -0.15) is 8.42 Å². The highest BCUT2D eigenvalue weighted by molar-refractivity contribution is 7.86. The molecule has 0 heterocycles. The molecular weight excluding hydrogens is 330 g/mol. The summed E-state index contributed by atoms with van der Waals surface area (Å²) in [7, 11) is -4.36. The first kappa shape index (κ1) is 18.7. The van der Waals surface area contributed by atoms with E-state index < -0.39 is 39.3 Å². The van der Waals surface area contributed by atoms with Gasteiger partial charge in [0.15, 0.2) is 5.78 Å². The SMILES string of the molecule is CCOC(=O)CC(OS(=O)(=O)c1ccc([N+](=O)[O-])cc1)C(C)=O. The molecule has 1 rings (SSSR count). The minimum absolute atomic E-state index is 0.0819. The summed E-state index contributed by atoms with van der Waals surface area (Å²) in [5.74, 6) is -1.44. The van der Waals surface area contributed by atoms with Crippen LogP contribution in [0.25, 0.3) is 0 Å². The molecule has 0 spiro atoms. The Morgan fingerprint density at radius 3 is 2.26 bits per heavy atom. The van der Waals surface area contributed by atoms with Gasteiger partial charge in [0.1, 0.15) is 6.10 Å². The van der Waals surface area contributed by atoms with Gasteiger partial charge in [0.2, 0.25) is 0 Å². The Kier molecular flexibility index (Phi) is 6.34. The monoisotopic (exact) mass is 345 g/mol. The van der Waals surface area contributed by atoms with E-state index in [-0.39, 0.29) is 17.2 Å². The van der Waals surface area contributed by atoms with E-state index in [1.165, 1.54) is 0 Å². The summed E-state index contributed by atoms with van der Waals surface area (Å²) < 4.78 is 33.5. The van der Waals surface area contributed by atoms with Crippen molar-refractivity contribution in [3.8, 4) is 0 Å². The molecule has 0 N–H and O–H groups in total. The first-order valence-electron chi connectivity index (χ1n) is 6.51. The molecule has 0 aliphatic rings. The summed E-state index contributed by atoms with van der Waals surface area (Å²) in [5.41, 5.74) is -0.293. The lowest BCUT2D eigenvalue weighted by molar-refractivity contribution is -0.384. The Morgan fingerprint density at radius 1 is 1.26 bits per heavy atom. The summed E-state index contributed by atoms with van der Waals surface area (Å²) in [6.45, 7) is 2.73. The summed E-state index contributed by atoms with van der Waals surface area (Å²) in [5, 5.41) is 10.5. The lowest BCUT2D eigenvalue weighted by atomic mass is 10.2. The summed E-state index contributed by atoms with van der Waals surface area (Å²) in [6, 6.07) is 3.94. The van der Waals surface area contributed by atoms with Crippen molar-refractivity contribution in [3.63, 3.8) is 0 Å². The number of rotatable bonds is 8. The van der Waals surface area contributed by atoms with Gasteiger partial charge in [-0.25, -0.2) is 0 Å². The number of esters is 1. The van der Waals surface area contributed by atoms with Gasteiger partial charge in [-0.1, -0.05) is 0 Å². The summed E-state index contributed by atoms with van der Waals surface area (Å²) in [6.07, 6.45) is -2.07. The Balaban J connectivity index is 2.95. The maximum Gasteiger partial charge on any atom is 0.308 e. The average molecular weight is 345 g/mol. The standard InChI is InChI=1S/C13H15NO8S/c1-3-21-13(16)8-12(9(2)15)22-23(19,20)11-6-4-10(5-7-11)14(17)18/h4-7,12H,3,8H2,1-2H3. The molecule has 0 fully saturated rings. The van der Waals surface area contributed by atoms with Gasteiger partial charge in [-0.15, -0.1) is 0 Å². The van der Waals surface area contributed by atoms with Crippen molar-refractivity contribution in [3.05, 3.63) is 34.4 Å². The van der Waals surface area contributed by atoms with Crippen LogP contribution in [0.4, 0.5) is 5.69 Å². The third-order valence-corrected chi connectivity index (χ3v) is 4.03. The number of benzene rings is 1. The predicted molar refractivity (Wildman–Crippen MR) is 77.1 cm³/mol. The van der Waals surface area contributed by atoms with Crippen LogP contribution in [0.15, 0.2) is 29.2 Å². The van der Waals surface area contributed by atoms with Gasteiger partial charge in [0.05, 0.1) is 22.8 Å². The highest BCUT2D eigenvalue weighted by atomic mass is 32.2. The molecule has 1 unspecified atom stereocenters. The van der Waals surface area contributed by atoms with Gasteiger partial charge in [0.25, 0.3) is 15.8 Å². The number of ketones is 1. The number of nitrogens with zero attached hydrogens (tertiary/aromatic N) is 1. The van der Waals surface area contributed by atoms with Crippen molar-refractivity contribution in [1.29, 1.82) is 0 Å². The molecule has 23 heavy (non-hydrogen) atoms. The second-order valence-corrected chi connectivity index (χ2v) is 5.98.